The van der Waals surface area contributed by atoms with Crippen molar-refractivity contribution in [3.63, 3.8) is 0 Å². The van der Waals surface area contributed by atoms with Gasteiger partial charge < -0.3 is 9.13 Å². The van der Waals surface area contributed by atoms with Gasteiger partial charge in [0.2, 0.25) is 0 Å². The van der Waals surface area contributed by atoms with E-state index in [-0.39, 0.29) is 0 Å². The van der Waals surface area contributed by atoms with Crippen LogP contribution in [0.15, 0.2) is 170 Å². The molecular formula is C44H28N2. The van der Waals surface area contributed by atoms with E-state index < -0.39 is 0 Å². The maximum absolute atomic E-state index is 2.52. The molecule has 10 rings (SSSR count). The van der Waals surface area contributed by atoms with Crippen molar-refractivity contribution < 1.29 is 0 Å². The average Bonchev–Trinajstić information content (AvgIpc) is 3.64. The van der Waals surface area contributed by atoms with Crippen molar-refractivity contribution in [1.82, 2.24) is 9.13 Å². The molecular weight excluding hydrogens is 556 g/mol. The number of hydrogen-bond donors (Lipinski definition) is 0. The Bertz CT molecular complexity index is 2790. The molecule has 0 saturated carbocycles. The molecule has 214 valence electrons. The minimum atomic E-state index is 1.19. The Kier molecular flexibility index (Phi) is 5.31. The predicted octanol–water partition coefficient (Wildman–Crippen LogP) is 11.9. The predicted molar refractivity (Wildman–Crippen MR) is 196 cm³/mol. The molecule has 0 spiro atoms. The van der Waals surface area contributed by atoms with Crippen LogP contribution in [0.25, 0.3) is 87.7 Å². The second-order valence-electron chi connectivity index (χ2n) is 12.1. The number of aromatic nitrogens is 2. The molecule has 0 fully saturated rings. The fourth-order valence-electron chi connectivity index (χ4n) is 7.77. The highest BCUT2D eigenvalue weighted by atomic mass is 15.0. The molecule has 8 aromatic carbocycles. The number of para-hydroxylation sites is 2. The maximum Gasteiger partial charge on any atom is 0.0641 e. The quantitative estimate of drug-likeness (QED) is 0.195. The van der Waals surface area contributed by atoms with Gasteiger partial charge in [0.25, 0.3) is 0 Å². The number of hydrogen-bond acceptors (Lipinski definition) is 0. The lowest BCUT2D eigenvalue weighted by molar-refractivity contribution is 1.19. The monoisotopic (exact) mass is 584 g/mol. The van der Waals surface area contributed by atoms with Crippen LogP contribution in [0.4, 0.5) is 0 Å². The Hall–Kier alpha value is -6.12. The largest absolute Gasteiger partial charge is 0.309 e. The fourth-order valence-corrected chi connectivity index (χ4v) is 7.77. The number of benzene rings is 8. The summed E-state index contributed by atoms with van der Waals surface area (Å²) in [5.41, 5.74) is 9.74. The van der Waals surface area contributed by atoms with Crippen molar-refractivity contribution in [3.05, 3.63) is 170 Å². The topological polar surface area (TPSA) is 9.86 Å². The third-order valence-electron chi connectivity index (χ3n) is 9.70. The maximum atomic E-state index is 2.52. The molecule has 46 heavy (non-hydrogen) atoms. The molecule has 0 unspecified atom stereocenters. The molecule has 0 bridgehead atoms. The van der Waals surface area contributed by atoms with E-state index in [1.807, 2.05) is 0 Å². The number of rotatable bonds is 3. The highest BCUT2D eigenvalue weighted by Gasteiger charge is 2.22. The van der Waals surface area contributed by atoms with E-state index in [0.717, 1.165) is 0 Å². The lowest BCUT2D eigenvalue weighted by Crippen LogP contribution is -1.97. The van der Waals surface area contributed by atoms with Gasteiger partial charge >= 0.3 is 0 Å². The molecule has 0 saturated heterocycles. The van der Waals surface area contributed by atoms with Crippen molar-refractivity contribution >= 4 is 65.2 Å². The first-order valence-electron chi connectivity index (χ1n) is 15.9. The highest BCUT2D eigenvalue weighted by Crippen LogP contribution is 2.44. The van der Waals surface area contributed by atoms with Crippen molar-refractivity contribution in [1.29, 1.82) is 0 Å². The summed E-state index contributed by atoms with van der Waals surface area (Å²) < 4.78 is 4.98. The van der Waals surface area contributed by atoms with Gasteiger partial charge in [-0.3, -0.25) is 0 Å². The molecule has 2 nitrogen and oxygen atoms in total. The first kappa shape index (κ1) is 25.2. The van der Waals surface area contributed by atoms with Gasteiger partial charge in [0.05, 0.1) is 33.4 Å². The van der Waals surface area contributed by atoms with Gasteiger partial charge in [-0.2, -0.15) is 0 Å². The van der Waals surface area contributed by atoms with Crippen LogP contribution < -0.4 is 0 Å². The Balaban J connectivity index is 1.39. The molecule has 0 aliphatic carbocycles. The van der Waals surface area contributed by atoms with Gasteiger partial charge in [0.1, 0.15) is 0 Å². The van der Waals surface area contributed by atoms with Crippen LogP contribution in [0.5, 0.6) is 0 Å². The summed E-state index contributed by atoms with van der Waals surface area (Å²) in [6.45, 7) is 0. The minimum Gasteiger partial charge on any atom is -0.309 e. The molecule has 0 amide bonds. The second kappa shape index (κ2) is 9.69. The van der Waals surface area contributed by atoms with E-state index in [2.05, 4.69) is 179 Å². The van der Waals surface area contributed by atoms with E-state index in [4.69, 9.17) is 0 Å². The van der Waals surface area contributed by atoms with Crippen LogP contribution in [-0.2, 0) is 0 Å². The van der Waals surface area contributed by atoms with Crippen LogP contribution in [0.2, 0.25) is 0 Å². The average molecular weight is 585 g/mol. The van der Waals surface area contributed by atoms with Crippen LogP contribution in [-0.4, -0.2) is 9.13 Å². The van der Waals surface area contributed by atoms with Crippen LogP contribution in [0.3, 0.4) is 0 Å². The fraction of sp³-hybridized carbons (Fsp3) is 0. The van der Waals surface area contributed by atoms with E-state index in [0.29, 0.717) is 0 Å². The van der Waals surface area contributed by atoms with Gasteiger partial charge in [-0.15, -0.1) is 0 Å². The van der Waals surface area contributed by atoms with E-state index >= 15 is 0 Å². The first-order chi connectivity index (χ1) is 22.9. The zero-order valence-corrected chi connectivity index (χ0v) is 25.1. The van der Waals surface area contributed by atoms with Gasteiger partial charge in [0.15, 0.2) is 0 Å². The summed E-state index contributed by atoms with van der Waals surface area (Å²) in [7, 11) is 0. The van der Waals surface area contributed by atoms with E-state index in [1.165, 1.54) is 87.7 Å². The van der Waals surface area contributed by atoms with Crippen molar-refractivity contribution in [2.75, 3.05) is 0 Å². The van der Waals surface area contributed by atoms with Crippen LogP contribution in [0, 0.1) is 0 Å². The summed E-state index contributed by atoms with van der Waals surface area (Å²) in [6.07, 6.45) is 0. The van der Waals surface area contributed by atoms with Crippen LogP contribution >= 0.6 is 0 Å². The Morgan fingerprint density at radius 2 is 0.913 bits per heavy atom. The molecule has 2 aromatic heterocycles. The summed E-state index contributed by atoms with van der Waals surface area (Å²) in [6, 6.07) is 61.9. The summed E-state index contributed by atoms with van der Waals surface area (Å²) in [4.78, 5) is 0. The van der Waals surface area contributed by atoms with Crippen molar-refractivity contribution in [3.8, 4) is 22.5 Å². The second-order valence-corrected chi connectivity index (χ2v) is 12.1. The molecule has 0 radical (unpaired) electrons. The summed E-state index contributed by atoms with van der Waals surface area (Å²) in [5, 5.41) is 10.0. The highest BCUT2D eigenvalue weighted by molar-refractivity contribution is 6.27. The van der Waals surface area contributed by atoms with E-state index in [1.54, 1.807) is 0 Å². The Morgan fingerprint density at radius 3 is 1.74 bits per heavy atom. The van der Waals surface area contributed by atoms with Crippen molar-refractivity contribution in [2.45, 2.75) is 0 Å². The first-order valence-corrected chi connectivity index (χ1v) is 15.9. The molecule has 0 atom stereocenters. The number of nitrogens with zero attached hydrogens (tertiary/aromatic N) is 2. The standard InChI is InChI=1S/C44H28N2/c1-2-13-29(14-3-1)31-25-27-41(34-19-7-6-18-33(31)34)46-39-22-10-8-20-35(39)36-26-28-42-43(44(36)46)37-21-9-11-23-40(37)45(42)38-24-12-16-30-15-4-5-17-32(30)38/h1-28H. The molecule has 10 aromatic rings. The smallest absolute Gasteiger partial charge is 0.0641 e. The molecule has 2 heterocycles. The molecule has 0 aliphatic heterocycles. The third kappa shape index (κ3) is 3.47. The third-order valence-corrected chi connectivity index (χ3v) is 9.70. The zero-order valence-electron chi connectivity index (χ0n) is 25.1. The normalized spacial score (nSPS) is 11.9. The Morgan fingerprint density at radius 1 is 0.304 bits per heavy atom. The SMILES string of the molecule is c1ccc(-c2ccc(-n3c4ccccc4c4ccc5c(c6ccccc6n5-c5cccc6ccccc56)c43)c3ccccc23)cc1. The Labute approximate surface area is 266 Å². The van der Waals surface area contributed by atoms with Gasteiger partial charge in [0, 0.05) is 32.3 Å². The summed E-state index contributed by atoms with van der Waals surface area (Å²) in [5.74, 6) is 0. The van der Waals surface area contributed by atoms with Gasteiger partial charge in [-0.1, -0.05) is 140 Å². The van der Waals surface area contributed by atoms with Crippen molar-refractivity contribution in [2.24, 2.45) is 0 Å². The van der Waals surface area contributed by atoms with Gasteiger partial charge in [-0.05, 0) is 52.2 Å². The van der Waals surface area contributed by atoms with Crippen LogP contribution in [0.1, 0.15) is 0 Å². The van der Waals surface area contributed by atoms with E-state index in [9.17, 15) is 0 Å². The molecule has 2 heteroatoms. The lowest BCUT2D eigenvalue weighted by Gasteiger charge is -2.15. The molecule has 0 N–H and O–H groups in total. The lowest BCUT2D eigenvalue weighted by atomic mass is 9.97. The minimum absolute atomic E-state index is 1.19. The summed E-state index contributed by atoms with van der Waals surface area (Å²) >= 11 is 0. The number of fused-ring (bicyclic) bond motifs is 9. The molecule has 0 aliphatic rings. The zero-order chi connectivity index (χ0) is 30.2. The van der Waals surface area contributed by atoms with Gasteiger partial charge in [-0.25, -0.2) is 0 Å².